The summed E-state index contributed by atoms with van der Waals surface area (Å²) in [4.78, 5) is 12.3. The highest BCUT2D eigenvalue weighted by Gasteiger charge is 2.11. The van der Waals surface area contributed by atoms with Crippen LogP contribution >= 0.6 is 0 Å². The highest BCUT2D eigenvalue weighted by molar-refractivity contribution is 6.01. The normalized spacial score (nSPS) is 11.3. The number of amides is 1. The Morgan fingerprint density at radius 1 is 1.04 bits per heavy atom. The molecular weight excluding hydrogens is 312 g/mol. The maximum atomic E-state index is 12.3. The molecule has 3 rings (SSSR count). The smallest absolute Gasteiger partial charge is 0.275 e. The Labute approximate surface area is 146 Å². The summed E-state index contributed by atoms with van der Waals surface area (Å²) in [5, 5.41) is 15.8. The van der Waals surface area contributed by atoms with Gasteiger partial charge in [0.1, 0.15) is 5.75 Å². The van der Waals surface area contributed by atoms with Gasteiger partial charge in [0.05, 0.1) is 11.8 Å². The van der Waals surface area contributed by atoms with E-state index in [0.29, 0.717) is 5.92 Å². The molecule has 0 fully saturated rings. The molecule has 0 saturated carbocycles. The molecular formula is C21H20N2O2. The van der Waals surface area contributed by atoms with Crippen molar-refractivity contribution in [2.75, 3.05) is 0 Å². The molecule has 0 atom stereocenters. The maximum absolute atomic E-state index is 12.3. The number of fused-ring (bicyclic) bond motifs is 1. The van der Waals surface area contributed by atoms with Crippen molar-refractivity contribution < 1.29 is 9.90 Å². The third-order valence-electron chi connectivity index (χ3n) is 4.09. The van der Waals surface area contributed by atoms with Crippen molar-refractivity contribution in [2.45, 2.75) is 19.8 Å². The van der Waals surface area contributed by atoms with Gasteiger partial charge in [0.15, 0.2) is 0 Å². The summed E-state index contributed by atoms with van der Waals surface area (Å²) in [6.45, 7) is 4.28. The van der Waals surface area contributed by atoms with E-state index in [4.69, 9.17) is 0 Å². The minimum Gasteiger partial charge on any atom is -0.507 e. The van der Waals surface area contributed by atoms with E-state index in [0.717, 1.165) is 16.3 Å². The van der Waals surface area contributed by atoms with Crippen LogP contribution in [0.3, 0.4) is 0 Å². The highest BCUT2D eigenvalue weighted by Crippen LogP contribution is 2.24. The van der Waals surface area contributed by atoms with E-state index >= 15 is 0 Å². The summed E-state index contributed by atoms with van der Waals surface area (Å²) in [7, 11) is 0. The molecule has 0 aliphatic rings. The first kappa shape index (κ1) is 16.7. The second-order valence-electron chi connectivity index (χ2n) is 6.24. The molecule has 1 amide bonds. The monoisotopic (exact) mass is 332 g/mol. The predicted octanol–water partition coefficient (Wildman–Crippen LogP) is 4.43. The number of phenols is 1. The van der Waals surface area contributed by atoms with Gasteiger partial charge in [0.2, 0.25) is 0 Å². The minimum atomic E-state index is -0.446. The van der Waals surface area contributed by atoms with Crippen LogP contribution in [0.2, 0.25) is 0 Å². The Hall–Kier alpha value is -3.14. The number of hydrazone groups is 1. The van der Waals surface area contributed by atoms with Gasteiger partial charge in [-0.05, 0) is 39.9 Å². The lowest BCUT2D eigenvalue weighted by Crippen LogP contribution is -2.17. The summed E-state index contributed by atoms with van der Waals surface area (Å²) < 4.78 is 0. The summed E-state index contributed by atoms with van der Waals surface area (Å²) >= 11 is 0. The summed E-state index contributed by atoms with van der Waals surface area (Å²) in [5.74, 6) is -0.0347. The molecule has 0 radical (unpaired) electrons. The van der Waals surface area contributed by atoms with Crippen LogP contribution in [0.25, 0.3) is 10.8 Å². The maximum Gasteiger partial charge on any atom is 0.275 e. The number of aromatic hydroxyl groups is 1. The third-order valence-corrected chi connectivity index (χ3v) is 4.09. The van der Waals surface area contributed by atoms with Crippen molar-refractivity contribution in [1.29, 1.82) is 0 Å². The lowest BCUT2D eigenvalue weighted by Gasteiger charge is -2.06. The van der Waals surface area contributed by atoms with E-state index in [9.17, 15) is 9.90 Å². The van der Waals surface area contributed by atoms with E-state index in [1.54, 1.807) is 18.3 Å². The van der Waals surface area contributed by atoms with E-state index < -0.39 is 5.91 Å². The van der Waals surface area contributed by atoms with Crippen molar-refractivity contribution in [2.24, 2.45) is 5.10 Å². The molecule has 0 heterocycles. The quantitative estimate of drug-likeness (QED) is 0.548. The van der Waals surface area contributed by atoms with Gasteiger partial charge in [0, 0.05) is 0 Å². The zero-order valence-corrected chi connectivity index (χ0v) is 14.2. The molecule has 0 unspecified atom stereocenters. The number of nitrogens with zero attached hydrogens (tertiary/aromatic N) is 1. The Kier molecular flexibility index (Phi) is 4.80. The van der Waals surface area contributed by atoms with Crippen molar-refractivity contribution in [1.82, 2.24) is 5.43 Å². The minimum absolute atomic E-state index is 0.0623. The number of phenolic OH excluding ortho intramolecular Hbond substituents is 1. The van der Waals surface area contributed by atoms with E-state index in [-0.39, 0.29) is 11.3 Å². The number of carbonyl (C=O) groups is 1. The number of carbonyl (C=O) groups excluding carboxylic acids is 1. The first-order chi connectivity index (χ1) is 12.0. The van der Waals surface area contributed by atoms with E-state index in [1.807, 2.05) is 48.5 Å². The highest BCUT2D eigenvalue weighted by atomic mass is 16.3. The molecule has 2 N–H and O–H groups in total. The summed E-state index contributed by atoms with van der Waals surface area (Å²) in [6.07, 6.45) is 1.58. The average molecular weight is 332 g/mol. The lowest BCUT2D eigenvalue weighted by atomic mass is 10.0. The van der Waals surface area contributed by atoms with Crippen LogP contribution < -0.4 is 5.43 Å². The van der Waals surface area contributed by atoms with Crippen molar-refractivity contribution in [3.8, 4) is 5.75 Å². The molecule has 3 aromatic carbocycles. The number of rotatable bonds is 4. The molecule has 4 nitrogen and oxygen atoms in total. The molecule has 4 heteroatoms. The molecule has 0 spiro atoms. The van der Waals surface area contributed by atoms with Crippen LogP contribution in [0.5, 0.6) is 5.75 Å². The summed E-state index contributed by atoms with van der Waals surface area (Å²) in [6, 6.07) is 18.8. The van der Waals surface area contributed by atoms with Gasteiger partial charge in [-0.2, -0.15) is 5.10 Å². The second kappa shape index (κ2) is 7.18. The number of nitrogens with one attached hydrogen (secondary N) is 1. The van der Waals surface area contributed by atoms with Crippen LogP contribution in [0, 0.1) is 0 Å². The van der Waals surface area contributed by atoms with Gasteiger partial charge in [-0.1, -0.05) is 62.4 Å². The van der Waals surface area contributed by atoms with Gasteiger partial charge >= 0.3 is 0 Å². The van der Waals surface area contributed by atoms with Gasteiger partial charge in [-0.15, -0.1) is 0 Å². The molecule has 0 aliphatic carbocycles. The van der Waals surface area contributed by atoms with Crippen LogP contribution in [-0.4, -0.2) is 17.2 Å². The first-order valence-corrected chi connectivity index (χ1v) is 8.20. The fourth-order valence-corrected chi connectivity index (χ4v) is 2.60. The number of benzene rings is 3. The van der Waals surface area contributed by atoms with Gasteiger partial charge in [0.25, 0.3) is 5.91 Å². The van der Waals surface area contributed by atoms with Crippen molar-refractivity contribution in [3.63, 3.8) is 0 Å². The van der Waals surface area contributed by atoms with Gasteiger partial charge < -0.3 is 5.11 Å². The largest absolute Gasteiger partial charge is 0.507 e. The topological polar surface area (TPSA) is 61.7 Å². The molecule has 0 aromatic heterocycles. The third kappa shape index (κ3) is 3.86. The fraction of sp³-hybridized carbons (Fsp3) is 0.143. The van der Waals surface area contributed by atoms with Gasteiger partial charge in [-0.25, -0.2) is 5.43 Å². The molecule has 0 bridgehead atoms. The predicted molar refractivity (Wildman–Crippen MR) is 101 cm³/mol. The van der Waals surface area contributed by atoms with Crippen LogP contribution in [-0.2, 0) is 0 Å². The fourth-order valence-electron chi connectivity index (χ4n) is 2.60. The zero-order valence-electron chi connectivity index (χ0n) is 14.2. The number of hydrogen-bond acceptors (Lipinski definition) is 3. The summed E-state index contributed by atoms with van der Waals surface area (Å²) in [5.41, 5.74) is 4.81. The molecule has 3 aromatic rings. The molecule has 126 valence electrons. The Bertz CT molecular complexity index is 928. The molecule has 0 saturated heterocycles. The average Bonchev–Trinajstić information content (AvgIpc) is 2.61. The lowest BCUT2D eigenvalue weighted by molar-refractivity contribution is 0.0952. The van der Waals surface area contributed by atoms with Gasteiger partial charge in [-0.3, -0.25) is 4.79 Å². The van der Waals surface area contributed by atoms with Crippen LogP contribution in [0.15, 0.2) is 65.8 Å². The standard InChI is InChI=1S/C21H20N2O2/c1-14(2)16-9-7-15(8-10-16)13-22-23-21(25)19-11-17-5-3-4-6-18(17)12-20(19)24/h3-14,24H,1-2H3,(H,23,25)/b22-13+. The van der Waals surface area contributed by atoms with Crippen molar-refractivity contribution >= 4 is 22.9 Å². The van der Waals surface area contributed by atoms with Crippen LogP contribution in [0.4, 0.5) is 0 Å². The van der Waals surface area contributed by atoms with Crippen molar-refractivity contribution in [3.05, 3.63) is 77.4 Å². The second-order valence-corrected chi connectivity index (χ2v) is 6.24. The number of hydrogen-bond donors (Lipinski definition) is 2. The van der Waals surface area contributed by atoms with Crippen LogP contribution in [0.1, 0.15) is 41.3 Å². The molecule has 0 aliphatic heterocycles. The van der Waals surface area contributed by atoms with E-state index in [1.165, 1.54) is 5.56 Å². The van der Waals surface area contributed by atoms with E-state index in [2.05, 4.69) is 24.4 Å². The SMILES string of the molecule is CC(C)c1ccc(/C=N/NC(=O)c2cc3ccccc3cc2O)cc1. The first-order valence-electron chi connectivity index (χ1n) is 8.20. The Balaban J connectivity index is 1.73. The zero-order chi connectivity index (χ0) is 17.8. The Morgan fingerprint density at radius 3 is 2.32 bits per heavy atom. The Morgan fingerprint density at radius 2 is 1.68 bits per heavy atom. The molecule has 25 heavy (non-hydrogen) atoms.